The number of hydrogen-bond donors (Lipinski definition) is 0. The zero-order valence-electron chi connectivity index (χ0n) is 15.9. The molecule has 1 atom stereocenters. The molecule has 0 saturated carbocycles. The molecule has 2 aromatic rings. The van der Waals surface area contributed by atoms with Gasteiger partial charge in [-0.2, -0.15) is 0 Å². The Labute approximate surface area is 160 Å². The fraction of sp³-hybridized carbons (Fsp3) is 0.476. The van der Waals surface area contributed by atoms with Crippen LogP contribution in [0.25, 0.3) is 0 Å². The molecule has 27 heavy (non-hydrogen) atoms. The Hall–Kier alpha value is -2.47. The van der Waals surface area contributed by atoms with Gasteiger partial charge in [-0.15, -0.1) is 0 Å². The van der Waals surface area contributed by atoms with Crippen LogP contribution in [0.4, 0.5) is 5.82 Å². The van der Waals surface area contributed by atoms with Gasteiger partial charge in [-0.05, 0) is 56.1 Å². The Balaban J connectivity index is 1.47. The predicted octanol–water partition coefficient (Wildman–Crippen LogP) is 2.27. The SMILES string of the molecule is Cc1cccnc1N1CCN(C(=O)C(c2cccnc2)N2CCCC2)CC1. The summed E-state index contributed by atoms with van der Waals surface area (Å²) in [7, 11) is 0. The molecule has 0 bridgehead atoms. The highest BCUT2D eigenvalue weighted by atomic mass is 16.2. The summed E-state index contributed by atoms with van der Waals surface area (Å²) in [4.78, 5) is 28.8. The van der Waals surface area contributed by atoms with Crippen molar-refractivity contribution in [2.75, 3.05) is 44.2 Å². The van der Waals surface area contributed by atoms with Crippen molar-refractivity contribution >= 4 is 11.7 Å². The molecule has 4 heterocycles. The van der Waals surface area contributed by atoms with Gasteiger partial charge in [-0.3, -0.25) is 14.7 Å². The Morgan fingerprint density at radius 1 is 1.00 bits per heavy atom. The third kappa shape index (κ3) is 3.81. The average molecular weight is 365 g/mol. The highest BCUT2D eigenvalue weighted by Crippen LogP contribution is 2.27. The largest absolute Gasteiger partial charge is 0.353 e. The summed E-state index contributed by atoms with van der Waals surface area (Å²) in [5.41, 5.74) is 2.19. The first-order valence-electron chi connectivity index (χ1n) is 9.83. The van der Waals surface area contributed by atoms with Crippen LogP contribution in [0.15, 0.2) is 42.9 Å². The molecule has 2 aromatic heterocycles. The molecule has 0 spiro atoms. The number of carbonyl (C=O) groups excluding carboxylic acids is 1. The first-order chi connectivity index (χ1) is 13.2. The van der Waals surface area contributed by atoms with E-state index in [9.17, 15) is 4.79 Å². The number of anilines is 1. The van der Waals surface area contributed by atoms with E-state index in [-0.39, 0.29) is 11.9 Å². The normalized spacial score (nSPS) is 19.3. The van der Waals surface area contributed by atoms with E-state index in [4.69, 9.17) is 0 Å². The standard InChI is InChI=1S/C21H27N5O/c1-17-6-4-9-23-20(17)25-12-14-26(15-13-25)21(27)19(24-10-2-3-11-24)18-7-5-8-22-16-18/h4-9,16,19H,2-3,10-15H2,1H3. The summed E-state index contributed by atoms with van der Waals surface area (Å²) in [6.45, 7) is 7.17. The summed E-state index contributed by atoms with van der Waals surface area (Å²) >= 11 is 0. The van der Waals surface area contributed by atoms with Crippen molar-refractivity contribution in [3.05, 3.63) is 54.0 Å². The third-order valence-corrected chi connectivity index (χ3v) is 5.61. The monoisotopic (exact) mass is 365 g/mol. The number of piperazine rings is 1. The zero-order valence-corrected chi connectivity index (χ0v) is 15.9. The van der Waals surface area contributed by atoms with E-state index in [2.05, 4.69) is 32.8 Å². The molecule has 142 valence electrons. The van der Waals surface area contributed by atoms with Crippen molar-refractivity contribution in [3.63, 3.8) is 0 Å². The van der Waals surface area contributed by atoms with E-state index in [1.165, 1.54) is 5.56 Å². The molecule has 1 amide bonds. The number of hydrogen-bond acceptors (Lipinski definition) is 5. The molecule has 0 N–H and O–H groups in total. The molecule has 6 heteroatoms. The maximum absolute atomic E-state index is 13.4. The number of nitrogens with zero attached hydrogens (tertiary/aromatic N) is 5. The topological polar surface area (TPSA) is 52.6 Å². The minimum atomic E-state index is -0.204. The first kappa shape index (κ1) is 17.9. The van der Waals surface area contributed by atoms with Crippen LogP contribution < -0.4 is 4.90 Å². The second-order valence-electron chi connectivity index (χ2n) is 7.39. The second kappa shape index (κ2) is 8.05. The van der Waals surface area contributed by atoms with Gasteiger partial charge in [0.05, 0.1) is 0 Å². The quantitative estimate of drug-likeness (QED) is 0.832. The van der Waals surface area contributed by atoms with Gasteiger partial charge in [0.25, 0.3) is 0 Å². The highest BCUT2D eigenvalue weighted by molar-refractivity contribution is 5.83. The fourth-order valence-electron chi connectivity index (χ4n) is 4.17. The van der Waals surface area contributed by atoms with Crippen molar-refractivity contribution in [3.8, 4) is 0 Å². The Bertz CT molecular complexity index is 767. The molecule has 4 rings (SSSR count). The van der Waals surface area contributed by atoms with Gasteiger partial charge in [0, 0.05) is 44.8 Å². The van der Waals surface area contributed by atoms with Crippen LogP contribution in [-0.4, -0.2) is 64.9 Å². The predicted molar refractivity (Wildman–Crippen MR) is 106 cm³/mol. The van der Waals surface area contributed by atoms with Crippen LogP contribution in [0.2, 0.25) is 0 Å². The molecule has 2 aliphatic rings. The molecule has 0 aromatic carbocycles. The lowest BCUT2D eigenvalue weighted by Crippen LogP contribution is -2.52. The van der Waals surface area contributed by atoms with E-state index in [0.717, 1.165) is 63.5 Å². The number of likely N-dealkylation sites (tertiary alicyclic amines) is 1. The van der Waals surface area contributed by atoms with Crippen LogP contribution in [0.5, 0.6) is 0 Å². The van der Waals surface area contributed by atoms with Crippen molar-refractivity contribution < 1.29 is 4.79 Å². The summed E-state index contributed by atoms with van der Waals surface area (Å²) in [5, 5.41) is 0. The number of aryl methyl sites for hydroxylation is 1. The first-order valence-corrected chi connectivity index (χ1v) is 9.83. The van der Waals surface area contributed by atoms with Crippen molar-refractivity contribution in [1.29, 1.82) is 0 Å². The van der Waals surface area contributed by atoms with E-state index >= 15 is 0 Å². The fourth-order valence-corrected chi connectivity index (χ4v) is 4.17. The molecule has 2 saturated heterocycles. The molecule has 0 aliphatic carbocycles. The summed E-state index contributed by atoms with van der Waals surface area (Å²) < 4.78 is 0. The van der Waals surface area contributed by atoms with Gasteiger partial charge in [-0.1, -0.05) is 12.1 Å². The Kier molecular flexibility index (Phi) is 5.34. The van der Waals surface area contributed by atoms with Crippen LogP contribution in [0, 0.1) is 6.92 Å². The Morgan fingerprint density at radius 3 is 2.41 bits per heavy atom. The van der Waals surface area contributed by atoms with Gasteiger partial charge in [0.15, 0.2) is 0 Å². The maximum Gasteiger partial charge on any atom is 0.244 e. The molecule has 6 nitrogen and oxygen atoms in total. The molecule has 2 fully saturated rings. The van der Waals surface area contributed by atoms with Gasteiger partial charge in [-0.25, -0.2) is 4.98 Å². The van der Waals surface area contributed by atoms with Crippen molar-refractivity contribution in [1.82, 2.24) is 19.8 Å². The van der Waals surface area contributed by atoms with E-state index in [0.29, 0.717) is 0 Å². The smallest absolute Gasteiger partial charge is 0.244 e. The lowest BCUT2D eigenvalue weighted by Gasteiger charge is -2.39. The highest BCUT2D eigenvalue weighted by Gasteiger charge is 2.34. The van der Waals surface area contributed by atoms with Gasteiger partial charge in [0.1, 0.15) is 11.9 Å². The maximum atomic E-state index is 13.4. The average Bonchev–Trinajstić information content (AvgIpc) is 3.24. The van der Waals surface area contributed by atoms with Crippen LogP contribution >= 0.6 is 0 Å². The lowest BCUT2D eigenvalue weighted by atomic mass is 10.1. The van der Waals surface area contributed by atoms with E-state index in [1.54, 1.807) is 6.20 Å². The van der Waals surface area contributed by atoms with Crippen molar-refractivity contribution in [2.24, 2.45) is 0 Å². The Morgan fingerprint density at radius 2 is 1.74 bits per heavy atom. The summed E-state index contributed by atoms with van der Waals surface area (Å²) in [6, 6.07) is 7.80. The minimum Gasteiger partial charge on any atom is -0.353 e. The lowest BCUT2D eigenvalue weighted by molar-refractivity contribution is -0.137. The molecular weight excluding hydrogens is 338 g/mol. The molecule has 0 radical (unpaired) electrons. The summed E-state index contributed by atoms with van der Waals surface area (Å²) in [5.74, 6) is 1.25. The molecule has 2 aliphatic heterocycles. The second-order valence-corrected chi connectivity index (χ2v) is 7.39. The molecular formula is C21H27N5O. The van der Waals surface area contributed by atoms with Crippen LogP contribution in [0.1, 0.15) is 30.0 Å². The number of rotatable bonds is 4. The van der Waals surface area contributed by atoms with Crippen LogP contribution in [-0.2, 0) is 4.79 Å². The number of aromatic nitrogens is 2. The van der Waals surface area contributed by atoms with E-state index < -0.39 is 0 Å². The molecule has 1 unspecified atom stereocenters. The minimum absolute atomic E-state index is 0.204. The van der Waals surface area contributed by atoms with Gasteiger partial charge in [0.2, 0.25) is 5.91 Å². The number of pyridine rings is 2. The number of carbonyl (C=O) groups is 1. The third-order valence-electron chi connectivity index (χ3n) is 5.61. The number of amides is 1. The summed E-state index contributed by atoms with van der Waals surface area (Å²) in [6.07, 6.45) is 7.77. The van der Waals surface area contributed by atoms with Crippen molar-refractivity contribution in [2.45, 2.75) is 25.8 Å². The van der Waals surface area contributed by atoms with Crippen LogP contribution in [0.3, 0.4) is 0 Å². The van der Waals surface area contributed by atoms with Gasteiger partial charge < -0.3 is 9.80 Å². The zero-order chi connectivity index (χ0) is 18.6. The van der Waals surface area contributed by atoms with Gasteiger partial charge >= 0.3 is 0 Å². The van der Waals surface area contributed by atoms with E-state index in [1.807, 2.05) is 35.5 Å².